The average molecular weight is 899 g/mol. The number of hydrogen-bond donors (Lipinski definition) is 0. The van der Waals surface area contributed by atoms with Crippen LogP contribution in [0.25, 0.3) is 55.0 Å². The van der Waals surface area contributed by atoms with Crippen LogP contribution in [0.2, 0.25) is 0 Å². The first-order valence-corrected chi connectivity index (χ1v) is 23.9. The molecule has 0 saturated heterocycles. The van der Waals surface area contributed by atoms with Crippen LogP contribution >= 0.6 is 16.5 Å². The third-order valence-electron chi connectivity index (χ3n) is 11.8. The fraction of sp³-hybridized carbons (Fsp3) is 0.333. The minimum absolute atomic E-state index is 0.328. The van der Waals surface area contributed by atoms with Crippen molar-refractivity contribution in [2.75, 3.05) is 14.2 Å². The molecule has 0 amide bonds. The van der Waals surface area contributed by atoms with Crippen LogP contribution in [-0.2, 0) is 10.8 Å². The van der Waals surface area contributed by atoms with Crippen molar-refractivity contribution in [2.24, 2.45) is 0 Å². The molecule has 8 aromatic rings. The van der Waals surface area contributed by atoms with Gasteiger partial charge in [-0.1, -0.05) is 65.8 Å². The normalized spacial score (nSPS) is 12.1. The van der Waals surface area contributed by atoms with Gasteiger partial charge in [-0.3, -0.25) is 0 Å². The summed E-state index contributed by atoms with van der Waals surface area (Å²) < 4.78 is 53.9. The van der Waals surface area contributed by atoms with Gasteiger partial charge in [0.2, 0.25) is 0 Å². The van der Waals surface area contributed by atoms with Crippen LogP contribution in [0.15, 0.2) is 89.6 Å². The maximum absolute atomic E-state index is 7.21. The van der Waals surface area contributed by atoms with E-state index in [-0.39, 0.29) is 10.8 Å². The van der Waals surface area contributed by atoms with E-state index in [9.17, 15) is 0 Å². The molecule has 6 aromatic carbocycles. The van der Waals surface area contributed by atoms with Crippen LogP contribution in [0, 0.1) is 55.4 Å². The van der Waals surface area contributed by atoms with E-state index in [2.05, 4.69) is 145 Å². The summed E-state index contributed by atoms with van der Waals surface area (Å²) in [6.07, 6.45) is 0. The molecule has 0 spiro atoms. The molecule has 0 aliphatic carbocycles. The molecular formula is C54H60O8P2. The molecule has 0 atom stereocenters. The minimum Gasteiger partial charge on any atom is -0.497 e. The van der Waals surface area contributed by atoms with Gasteiger partial charge in [-0.05, 0) is 159 Å². The van der Waals surface area contributed by atoms with Crippen molar-refractivity contribution in [1.29, 1.82) is 0 Å². The summed E-state index contributed by atoms with van der Waals surface area (Å²) in [7, 11) is -0.720. The highest BCUT2D eigenvalue weighted by Gasteiger charge is 2.28. The van der Waals surface area contributed by atoms with Crippen molar-refractivity contribution in [2.45, 2.75) is 108 Å². The number of benzene rings is 6. The number of methoxy groups -OCH3 is 2. The van der Waals surface area contributed by atoms with Crippen molar-refractivity contribution >= 4 is 60.4 Å². The van der Waals surface area contributed by atoms with E-state index >= 15 is 0 Å². The van der Waals surface area contributed by atoms with Gasteiger partial charge in [0, 0.05) is 43.8 Å². The molecule has 0 saturated carbocycles. The van der Waals surface area contributed by atoms with Crippen LogP contribution in [0.1, 0.15) is 97.2 Å². The molecule has 64 heavy (non-hydrogen) atoms. The Morgan fingerprint density at radius 2 is 0.688 bits per heavy atom. The zero-order valence-electron chi connectivity index (χ0n) is 40.1. The Morgan fingerprint density at radius 1 is 0.375 bits per heavy atom. The third-order valence-corrected chi connectivity index (χ3v) is 13.7. The second-order valence-corrected chi connectivity index (χ2v) is 21.4. The zero-order valence-corrected chi connectivity index (χ0v) is 41.9. The molecule has 0 N–H and O–H groups in total. The van der Waals surface area contributed by atoms with Gasteiger partial charge in [-0.2, -0.15) is 0 Å². The zero-order chi connectivity index (χ0) is 46.2. The van der Waals surface area contributed by atoms with Crippen molar-refractivity contribution in [3.8, 4) is 34.1 Å². The van der Waals surface area contributed by atoms with Gasteiger partial charge in [-0.25, -0.2) is 0 Å². The van der Waals surface area contributed by atoms with Gasteiger partial charge in [0.05, 0.1) is 14.2 Å². The Labute approximate surface area is 378 Å². The molecule has 2 heterocycles. The van der Waals surface area contributed by atoms with Gasteiger partial charge in [0.1, 0.15) is 45.3 Å². The molecule has 0 bridgehead atoms. The van der Waals surface area contributed by atoms with Crippen molar-refractivity contribution in [1.82, 2.24) is 0 Å². The summed E-state index contributed by atoms with van der Waals surface area (Å²) in [4.78, 5) is 0. The van der Waals surface area contributed by atoms with E-state index in [4.69, 9.17) is 35.3 Å². The summed E-state index contributed by atoms with van der Waals surface area (Å²) in [5.74, 6) is 2.70. The summed E-state index contributed by atoms with van der Waals surface area (Å²) in [6.45, 7) is 29.7. The second kappa shape index (κ2) is 16.7. The summed E-state index contributed by atoms with van der Waals surface area (Å²) in [6, 6.07) is 25.3. The lowest BCUT2D eigenvalue weighted by Gasteiger charge is -2.21. The smallest absolute Gasteiger partial charge is 0.453 e. The van der Waals surface area contributed by atoms with E-state index in [0.29, 0.717) is 22.7 Å². The van der Waals surface area contributed by atoms with Gasteiger partial charge in [0.25, 0.3) is 0 Å². The molecule has 0 aliphatic heterocycles. The highest BCUT2D eigenvalue weighted by molar-refractivity contribution is 7.32. The molecule has 0 aliphatic rings. The third kappa shape index (κ3) is 8.51. The van der Waals surface area contributed by atoms with E-state index in [1.807, 2.05) is 24.3 Å². The molecule has 8 rings (SSSR count). The van der Waals surface area contributed by atoms with Gasteiger partial charge >= 0.3 is 16.5 Å². The van der Waals surface area contributed by atoms with Crippen LogP contribution in [0.5, 0.6) is 23.0 Å². The van der Waals surface area contributed by atoms with E-state index in [1.165, 1.54) is 0 Å². The number of fused-ring (bicyclic) bond motifs is 6. The van der Waals surface area contributed by atoms with Crippen LogP contribution in [0.3, 0.4) is 0 Å². The Hall–Kier alpha value is -5.68. The van der Waals surface area contributed by atoms with E-state index in [1.54, 1.807) is 14.2 Å². The van der Waals surface area contributed by atoms with Crippen molar-refractivity contribution in [3.05, 3.63) is 128 Å². The predicted octanol–water partition coefficient (Wildman–Crippen LogP) is 17.3. The van der Waals surface area contributed by atoms with Crippen LogP contribution in [0.4, 0.5) is 0 Å². The number of ether oxygens (including phenoxy) is 2. The molecular weight excluding hydrogens is 839 g/mol. The highest BCUT2D eigenvalue weighted by atomic mass is 31.1. The fourth-order valence-corrected chi connectivity index (χ4v) is 11.3. The Bertz CT molecular complexity index is 3100. The lowest BCUT2D eigenvalue weighted by atomic mass is 9.84. The quantitative estimate of drug-likeness (QED) is 0.156. The summed E-state index contributed by atoms with van der Waals surface area (Å²) >= 11 is 0. The van der Waals surface area contributed by atoms with Crippen LogP contribution < -0.4 is 18.5 Å². The molecule has 0 fully saturated rings. The van der Waals surface area contributed by atoms with E-state index in [0.717, 1.165) is 111 Å². The standard InChI is InChI=1S/C54H60O8P2/c1-29-17-33(5)47-39(21-29)40-22-30(2)18-34(6)48(40)58-63(57-47)59-49-35(7)19-31(3)23-41(49)42-24-32(4)20-36(8)50(42)60-64-61-51-43(25-37(55-15)27-45(51)53(9,10)11)44-26-38(56-16)28-46(52(44)62-64)54(12,13)14/h17-28H,1-16H3. The van der Waals surface area contributed by atoms with Crippen LogP contribution in [-0.4, -0.2) is 14.2 Å². The number of aryl methyl sites for hydroxylation is 8. The molecule has 0 unspecified atom stereocenters. The highest BCUT2D eigenvalue weighted by Crippen LogP contribution is 2.51. The largest absolute Gasteiger partial charge is 0.497 e. The maximum atomic E-state index is 7.21. The number of hydrogen-bond acceptors (Lipinski definition) is 8. The monoisotopic (exact) mass is 898 g/mol. The average Bonchev–Trinajstić information content (AvgIpc) is 3.46. The molecule has 2 aromatic heterocycles. The Kier molecular flexibility index (Phi) is 11.7. The summed E-state index contributed by atoms with van der Waals surface area (Å²) in [5, 5.41) is 3.67. The maximum Gasteiger partial charge on any atom is 0.453 e. The van der Waals surface area contributed by atoms with Gasteiger partial charge in [-0.15, -0.1) is 0 Å². The lowest BCUT2D eigenvalue weighted by Crippen LogP contribution is -2.12. The lowest BCUT2D eigenvalue weighted by molar-refractivity contribution is 0.413. The van der Waals surface area contributed by atoms with Gasteiger partial charge < -0.3 is 35.3 Å². The second-order valence-electron chi connectivity index (χ2n) is 19.4. The predicted molar refractivity (Wildman–Crippen MR) is 265 cm³/mol. The SMILES string of the molecule is COc1cc(C(C)(C)C)c2op(Oc3c(C)cc(C)cc3-c3cc(C)cc(C)c3Op3oc4c(C)cc(C)cc4c4cc(C)cc(C)c4o3)oc3c(C(C)(C)C)cc(OC)cc3c2c1. The van der Waals surface area contributed by atoms with Crippen molar-refractivity contribution < 1.29 is 35.3 Å². The fourth-order valence-electron chi connectivity index (χ4n) is 8.81. The first kappa shape index (κ1) is 44.9. The molecule has 334 valence electrons. The van der Waals surface area contributed by atoms with Crippen molar-refractivity contribution in [3.63, 3.8) is 0 Å². The number of rotatable bonds is 7. The molecule has 0 radical (unpaired) electrons. The summed E-state index contributed by atoms with van der Waals surface area (Å²) in [5.41, 5.74) is 14.1. The Balaban J connectivity index is 1.40. The topological polar surface area (TPSA) is 89.5 Å². The molecule has 8 nitrogen and oxygen atoms in total. The Morgan fingerprint density at radius 3 is 1.03 bits per heavy atom. The first-order valence-electron chi connectivity index (χ1n) is 21.7. The van der Waals surface area contributed by atoms with Gasteiger partial charge in [0.15, 0.2) is 0 Å². The minimum atomic E-state index is -2.12. The van der Waals surface area contributed by atoms with E-state index < -0.39 is 16.5 Å². The first-order chi connectivity index (χ1) is 30.1. The molecule has 10 heteroatoms.